The molecule has 0 aliphatic carbocycles. The van der Waals surface area contributed by atoms with Gasteiger partial charge in [-0.3, -0.25) is 9.59 Å². The quantitative estimate of drug-likeness (QED) is 0.245. The van der Waals surface area contributed by atoms with Gasteiger partial charge in [0.2, 0.25) is 11.8 Å². The van der Waals surface area contributed by atoms with E-state index in [4.69, 9.17) is 10.2 Å². The first-order valence-corrected chi connectivity index (χ1v) is 7.53. The fourth-order valence-electron chi connectivity index (χ4n) is 1.85. The van der Waals surface area contributed by atoms with Crippen LogP contribution >= 0.6 is 0 Å². The predicted molar refractivity (Wildman–Crippen MR) is 95.6 cm³/mol. The Morgan fingerprint density at radius 1 is 0.778 bits per heavy atom. The molecule has 0 spiro atoms. The highest BCUT2D eigenvalue weighted by Gasteiger charge is 2.08. The number of benzene rings is 2. The molecule has 0 fully saturated rings. The van der Waals surface area contributed by atoms with E-state index in [1.807, 2.05) is 0 Å². The molecule has 0 radical (unpaired) electrons. The molecule has 0 bridgehead atoms. The number of aromatic hydroxyl groups is 4. The van der Waals surface area contributed by atoms with Crippen LogP contribution in [0.2, 0.25) is 0 Å². The average molecular weight is 372 g/mol. The van der Waals surface area contributed by atoms with Gasteiger partial charge in [0.05, 0.1) is 12.4 Å². The van der Waals surface area contributed by atoms with Gasteiger partial charge in [-0.05, 0) is 24.3 Å². The van der Waals surface area contributed by atoms with Crippen molar-refractivity contribution >= 4 is 24.2 Å². The number of hydrogen-bond acceptors (Lipinski definition) is 8. The van der Waals surface area contributed by atoms with Crippen molar-refractivity contribution in [3.8, 4) is 23.0 Å². The van der Waals surface area contributed by atoms with Crippen molar-refractivity contribution in [1.29, 1.82) is 0 Å². The lowest BCUT2D eigenvalue weighted by Gasteiger charge is -2.01. The van der Waals surface area contributed by atoms with Crippen molar-refractivity contribution < 1.29 is 30.0 Å². The van der Waals surface area contributed by atoms with Crippen LogP contribution in [-0.4, -0.2) is 44.7 Å². The third kappa shape index (κ3) is 6.05. The standard InChI is InChI=1S/C17H16N4O6/c22-12-3-1-10(14(24)5-12)8-18-20-16(26)7-17(27)21-19-9-11-2-4-13(23)6-15(11)25/h1-6,8-9,22-25H,7H2,(H,20,26)(H,21,27). The van der Waals surface area contributed by atoms with Gasteiger partial charge >= 0.3 is 0 Å². The number of phenolic OH excluding ortho intramolecular Hbond substituents is 4. The van der Waals surface area contributed by atoms with Crippen molar-refractivity contribution in [2.24, 2.45) is 10.2 Å². The molecule has 0 saturated heterocycles. The fourth-order valence-corrected chi connectivity index (χ4v) is 1.85. The molecule has 2 aromatic carbocycles. The van der Waals surface area contributed by atoms with Gasteiger partial charge in [0.15, 0.2) is 0 Å². The van der Waals surface area contributed by atoms with Gasteiger partial charge in [0.1, 0.15) is 29.4 Å². The van der Waals surface area contributed by atoms with Gasteiger partial charge in [-0.25, -0.2) is 10.9 Å². The summed E-state index contributed by atoms with van der Waals surface area (Å²) in [4.78, 5) is 23.2. The molecule has 6 N–H and O–H groups in total. The zero-order chi connectivity index (χ0) is 19.8. The Morgan fingerprint density at radius 2 is 1.19 bits per heavy atom. The van der Waals surface area contributed by atoms with Crippen molar-refractivity contribution in [2.45, 2.75) is 6.42 Å². The van der Waals surface area contributed by atoms with E-state index in [9.17, 15) is 19.8 Å². The van der Waals surface area contributed by atoms with Crippen LogP contribution in [0.4, 0.5) is 0 Å². The lowest BCUT2D eigenvalue weighted by Crippen LogP contribution is -2.27. The molecular weight excluding hydrogens is 356 g/mol. The van der Waals surface area contributed by atoms with Crippen molar-refractivity contribution in [2.75, 3.05) is 0 Å². The molecule has 0 aliphatic rings. The number of carbonyl (C=O) groups is 2. The van der Waals surface area contributed by atoms with E-state index in [0.29, 0.717) is 0 Å². The molecular formula is C17H16N4O6. The highest BCUT2D eigenvalue weighted by molar-refractivity contribution is 5.97. The summed E-state index contributed by atoms with van der Waals surface area (Å²) in [6.45, 7) is 0. The third-order valence-electron chi connectivity index (χ3n) is 3.13. The van der Waals surface area contributed by atoms with Gasteiger partial charge in [-0.1, -0.05) is 0 Å². The largest absolute Gasteiger partial charge is 0.508 e. The lowest BCUT2D eigenvalue weighted by molar-refractivity contribution is -0.129. The van der Waals surface area contributed by atoms with E-state index in [0.717, 1.165) is 24.6 Å². The summed E-state index contributed by atoms with van der Waals surface area (Å²) in [7, 11) is 0. The fraction of sp³-hybridized carbons (Fsp3) is 0.0588. The highest BCUT2D eigenvalue weighted by atomic mass is 16.3. The second kappa shape index (κ2) is 8.85. The Hall–Kier alpha value is -4.08. The summed E-state index contributed by atoms with van der Waals surface area (Å²) < 4.78 is 0. The second-order valence-electron chi connectivity index (χ2n) is 5.25. The summed E-state index contributed by atoms with van der Waals surface area (Å²) in [5, 5.41) is 44.6. The van der Waals surface area contributed by atoms with Crippen molar-refractivity contribution in [3.05, 3.63) is 47.5 Å². The molecule has 0 aliphatic heterocycles. The summed E-state index contributed by atoms with van der Waals surface area (Å²) in [5.41, 5.74) is 4.73. The minimum atomic E-state index is -0.718. The first-order chi connectivity index (χ1) is 12.8. The van der Waals surface area contributed by atoms with Crippen molar-refractivity contribution in [3.63, 3.8) is 0 Å². The lowest BCUT2D eigenvalue weighted by atomic mass is 10.2. The Bertz CT molecular complexity index is 837. The molecule has 0 atom stereocenters. The molecule has 2 aromatic rings. The third-order valence-corrected chi connectivity index (χ3v) is 3.13. The molecule has 27 heavy (non-hydrogen) atoms. The van der Waals surface area contributed by atoms with Gasteiger partial charge in [-0.15, -0.1) is 0 Å². The maximum Gasteiger partial charge on any atom is 0.249 e. The number of carbonyl (C=O) groups excluding carboxylic acids is 2. The van der Waals surface area contributed by atoms with Crippen LogP contribution in [0.3, 0.4) is 0 Å². The first-order valence-electron chi connectivity index (χ1n) is 7.53. The highest BCUT2D eigenvalue weighted by Crippen LogP contribution is 2.21. The van der Waals surface area contributed by atoms with Crippen LogP contribution < -0.4 is 10.9 Å². The van der Waals surface area contributed by atoms with Gasteiger partial charge in [-0.2, -0.15) is 10.2 Å². The van der Waals surface area contributed by atoms with Crippen LogP contribution in [0.5, 0.6) is 23.0 Å². The van der Waals surface area contributed by atoms with E-state index < -0.39 is 18.2 Å². The first kappa shape index (κ1) is 19.2. The number of nitrogens with zero attached hydrogens (tertiary/aromatic N) is 2. The minimum absolute atomic E-state index is 0.119. The molecule has 0 aromatic heterocycles. The normalized spacial score (nSPS) is 11.0. The monoisotopic (exact) mass is 372 g/mol. The molecule has 0 saturated carbocycles. The molecule has 2 rings (SSSR count). The number of rotatable bonds is 6. The zero-order valence-corrected chi connectivity index (χ0v) is 13.8. The minimum Gasteiger partial charge on any atom is -0.508 e. The van der Waals surface area contributed by atoms with Crippen molar-refractivity contribution in [1.82, 2.24) is 10.9 Å². The molecule has 0 heterocycles. The second-order valence-corrected chi connectivity index (χ2v) is 5.25. The predicted octanol–water partition coefficient (Wildman–Crippen LogP) is 0.499. The SMILES string of the molecule is O=C(CC(=O)NN=Cc1ccc(O)cc1O)NN=Cc1ccc(O)cc1O. The molecule has 140 valence electrons. The molecule has 0 unspecified atom stereocenters. The summed E-state index contributed by atoms with van der Waals surface area (Å²) in [5.74, 6) is -2.12. The summed E-state index contributed by atoms with van der Waals surface area (Å²) in [6, 6.07) is 7.67. The van der Waals surface area contributed by atoms with Gasteiger partial charge < -0.3 is 20.4 Å². The van der Waals surface area contributed by atoms with E-state index >= 15 is 0 Å². The van der Waals surface area contributed by atoms with Gasteiger partial charge in [0, 0.05) is 23.3 Å². The van der Waals surface area contributed by atoms with E-state index in [-0.39, 0.29) is 34.1 Å². The Morgan fingerprint density at radius 3 is 1.56 bits per heavy atom. The Kier molecular flexibility index (Phi) is 6.31. The van der Waals surface area contributed by atoms with E-state index in [1.165, 1.54) is 24.3 Å². The summed E-state index contributed by atoms with van der Waals surface area (Å²) >= 11 is 0. The maximum absolute atomic E-state index is 11.6. The van der Waals surface area contributed by atoms with Crippen LogP contribution in [0.15, 0.2) is 46.6 Å². The summed E-state index contributed by atoms with van der Waals surface area (Å²) in [6.07, 6.45) is 1.74. The number of amides is 2. The van der Waals surface area contributed by atoms with E-state index in [2.05, 4.69) is 21.1 Å². The van der Waals surface area contributed by atoms with Crippen LogP contribution in [0, 0.1) is 0 Å². The van der Waals surface area contributed by atoms with Gasteiger partial charge in [0.25, 0.3) is 0 Å². The molecule has 10 nitrogen and oxygen atoms in total. The average Bonchev–Trinajstić information content (AvgIpc) is 2.58. The van der Waals surface area contributed by atoms with Crippen LogP contribution in [-0.2, 0) is 9.59 Å². The number of nitrogens with one attached hydrogen (secondary N) is 2. The Balaban J connectivity index is 1.80. The molecule has 2 amide bonds. The Labute approximate surface area is 153 Å². The van der Waals surface area contributed by atoms with E-state index in [1.54, 1.807) is 0 Å². The zero-order valence-electron chi connectivity index (χ0n) is 13.8. The topological polar surface area (TPSA) is 164 Å². The number of phenols is 4. The smallest absolute Gasteiger partial charge is 0.249 e. The van der Waals surface area contributed by atoms with Crippen LogP contribution in [0.25, 0.3) is 0 Å². The van der Waals surface area contributed by atoms with Crippen LogP contribution in [0.1, 0.15) is 17.5 Å². The number of hydrazone groups is 2. The number of hydrogen-bond donors (Lipinski definition) is 6. The molecule has 10 heteroatoms. The maximum atomic E-state index is 11.6.